The molecule has 0 saturated heterocycles. The minimum absolute atomic E-state index is 0.182. The Labute approximate surface area is 93.8 Å². The van der Waals surface area contributed by atoms with E-state index in [4.69, 9.17) is 10.5 Å². The highest BCUT2D eigenvalue weighted by atomic mass is 16.3. The molecule has 1 aliphatic carbocycles. The smallest absolute Gasteiger partial charge is 0.142 e. The van der Waals surface area contributed by atoms with E-state index in [9.17, 15) is 5.11 Å². The van der Waals surface area contributed by atoms with Crippen molar-refractivity contribution in [3.63, 3.8) is 0 Å². The summed E-state index contributed by atoms with van der Waals surface area (Å²) in [7, 11) is 0. The second kappa shape index (κ2) is 3.59. The van der Waals surface area contributed by atoms with Crippen molar-refractivity contribution >= 4 is 0 Å². The van der Waals surface area contributed by atoms with Crippen LogP contribution in [0.2, 0.25) is 0 Å². The zero-order valence-electron chi connectivity index (χ0n) is 8.94. The van der Waals surface area contributed by atoms with Gasteiger partial charge in [0, 0.05) is 0 Å². The Morgan fingerprint density at radius 3 is 2.56 bits per heavy atom. The van der Waals surface area contributed by atoms with Gasteiger partial charge in [-0.15, -0.1) is 0 Å². The van der Waals surface area contributed by atoms with Gasteiger partial charge in [0.05, 0.1) is 17.3 Å². The summed E-state index contributed by atoms with van der Waals surface area (Å²) in [6.45, 7) is 2.05. The SMILES string of the molecule is CC1CC(O)(c2cc(C#N)cc(C#N)n2)C1. The van der Waals surface area contributed by atoms with E-state index in [0.29, 0.717) is 30.0 Å². The van der Waals surface area contributed by atoms with E-state index in [1.54, 1.807) is 6.07 Å². The molecule has 0 radical (unpaired) electrons. The van der Waals surface area contributed by atoms with Gasteiger partial charge in [0.15, 0.2) is 0 Å². The number of hydrogen-bond donors (Lipinski definition) is 1. The van der Waals surface area contributed by atoms with Crippen molar-refractivity contribution in [1.82, 2.24) is 4.98 Å². The van der Waals surface area contributed by atoms with Gasteiger partial charge >= 0.3 is 0 Å². The molecular weight excluding hydrogens is 202 g/mol. The molecule has 0 atom stereocenters. The van der Waals surface area contributed by atoms with Crippen LogP contribution in [-0.2, 0) is 5.60 Å². The molecule has 4 nitrogen and oxygen atoms in total. The van der Waals surface area contributed by atoms with Gasteiger partial charge in [-0.1, -0.05) is 6.92 Å². The third kappa shape index (κ3) is 1.64. The molecule has 0 bridgehead atoms. The van der Waals surface area contributed by atoms with Crippen molar-refractivity contribution in [2.45, 2.75) is 25.4 Å². The summed E-state index contributed by atoms with van der Waals surface area (Å²) < 4.78 is 0. The molecule has 1 heterocycles. The minimum Gasteiger partial charge on any atom is -0.384 e. The quantitative estimate of drug-likeness (QED) is 0.765. The molecule has 1 aliphatic rings. The van der Waals surface area contributed by atoms with Crippen LogP contribution in [-0.4, -0.2) is 10.1 Å². The molecule has 2 rings (SSSR count). The zero-order valence-corrected chi connectivity index (χ0v) is 8.94. The molecule has 0 spiro atoms. The second-order valence-corrected chi connectivity index (χ2v) is 4.39. The first-order valence-electron chi connectivity index (χ1n) is 5.12. The molecule has 80 valence electrons. The van der Waals surface area contributed by atoms with Crippen LogP contribution in [0.3, 0.4) is 0 Å². The summed E-state index contributed by atoms with van der Waals surface area (Å²) in [6, 6.07) is 6.86. The maximum absolute atomic E-state index is 10.2. The minimum atomic E-state index is -0.947. The summed E-state index contributed by atoms with van der Waals surface area (Å²) in [5, 5.41) is 27.8. The largest absolute Gasteiger partial charge is 0.384 e. The number of nitriles is 2. The maximum Gasteiger partial charge on any atom is 0.142 e. The standard InChI is InChI=1S/C12H11N3O/c1-8-4-12(16,5-8)11-3-9(6-13)2-10(7-14)15-11/h2-3,8,16H,4-5H2,1H3. The predicted molar refractivity (Wildman–Crippen MR) is 56.0 cm³/mol. The van der Waals surface area contributed by atoms with E-state index in [1.165, 1.54) is 6.07 Å². The molecule has 16 heavy (non-hydrogen) atoms. The highest BCUT2D eigenvalue weighted by Crippen LogP contribution is 2.44. The van der Waals surface area contributed by atoms with E-state index in [0.717, 1.165) is 0 Å². The summed E-state index contributed by atoms with van der Waals surface area (Å²) in [6.07, 6.45) is 1.28. The van der Waals surface area contributed by atoms with Gasteiger partial charge in [0.25, 0.3) is 0 Å². The van der Waals surface area contributed by atoms with E-state index in [-0.39, 0.29) is 5.69 Å². The van der Waals surface area contributed by atoms with Crippen molar-refractivity contribution in [3.8, 4) is 12.1 Å². The van der Waals surface area contributed by atoms with Crippen molar-refractivity contribution < 1.29 is 5.11 Å². The first kappa shape index (κ1) is 10.6. The Morgan fingerprint density at radius 1 is 1.38 bits per heavy atom. The Bertz CT molecular complexity index is 472. The first-order valence-corrected chi connectivity index (χ1v) is 5.12. The van der Waals surface area contributed by atoms with Crippen LogP contribution >= 0.6 is 0 Å². The van der Waals surface area contributed by atoms with Crippen LogP contribution < -0.4 is 0 Å². The first-order chi connectivity index (χ1) is 7.57. The van der Waals surface area contributed by atoms with Crippen molar-refractivity contribution in [1.29, 1.82) is 10.5 Å². The molecule has 1 aromatic heterocycles. The Balaban J connectivity index is 2.43. The fourth-order valence-corrected chi connectivity index (χ4v) is 2.19. The number of aromatic nitrogens is 1. The summed E-state index contributed by atoms with van der Waals surface area (Å²) in [5.74, 6) is 0.461. The molecular formula is C12H11N3O. The third-order valence-corrected chi connectivity index (χ3v) is 2.92. The van der Waals surface area contributed by atoms with Gasteiger partial charge in [-0.3, -0.25) is 0 Å². The van der Waals surface area contributed by atoms with Gasteiger partial charge in [-0.25, -0.2) is 4.98 Å². The Hall–Kier alpha value is -1.91. The molecule has 0 unspecified atom stereocenters. The van der Waals surface area contributed by atoms with Gasteiger partial charge < -0.3 is 5.11 Å². The molecule has 0 aliphatic heterocycles. The number of nitrogens with zero attached hydrogens (tertiary/aromatic N) is 3. The fourth-order valence-electron chi connectivity index (χ4n) is 2.19. The lowest BCUT2D eigenvalue weighted by Gasteiger charge is -2.41. The average Bonchev–Trinajstić information content (AvgIpc) is 2.26. The van der Waals surface area contributed by atoms with E-state index in [1.807, 2.05) is 19.1 Å². The topological polar surface area (TPSA) is 80.7 Å². The van der Waals surface area contributed by atoms with Gasteiger partial charge in [-0.2, -0.15) is 10.5 Å². The molecule has 1 saturated carbocycles. The summed E-state index contributed by atoms with van der Waals surface area (Å²) >= 11 is 0. The molecule has 1 fully saturated rings. The Kier molecular flexibility index (Phi) is 2.38. The molecule has 1 aromatic rings. The zero-order chi connectivity index (χ0) is 11.8. The molecule has 0 aromatic carbocycles. The molecule has 1 N–H and O–H groups in total. The van der Waals surface area contributed by atoms with E-state index < -0.39 is 5.60 Å². The van der Waals surface area contributed by atoms with Crippen molar-refractivity contribution in [3.05, 3.63) is 29.1 Å². The maximum atomic E-state index is 10.2. The number of hydrogen-bond acceptors (Lipinski definition) is 4. The predicted octanol–water partition coefficient (Wildman–Crippen LogP) is 1.44. The van der Waals surface area contributed by atoms with Crippen molar-refractivity contribution in [2.75, 3.05) is 0 Å². The van der Waals surface area contributed by atoms with Crippen LogP contribution in [0.5, 0.6) is 0 Å². The fraction of sp³-hybridized carbons (Fsp3) is 0.417. The van der Waals surface area contributed by atoms with Crippen molar-refractivity contribution in [2.24, 2.45) is 5.92 Å². The lowest BCUT2D eigenvalue weighted by Crippen LogP contribution is -2.40. The number of rotatable bonds is 1. The molecule has 0 amide bonds. The highest BCUT2D eigenvalue weighted by Gasteiger charge is 2.43. The summed E-state index contributed by atoms with van der Waals surface area (Å²) in [5.41, 5.74) is 0.0514. The Morgan fingerprint density at radius 2 is 2.06 bits per heavy atom. The lowest BCUT2D eigenvalue weighted by atomic mass is 9.70. The van der Waals surface area contributed by atoms with E-state index >= 15 is 0 Å². The van der Waals surface area contributed by atoms with E-state index in [2.05, 4.69) is 4.98 Å². The van der Waals surface area contributed by atoms with Crippen LogP contribution in [0.25, 0.3) is 0 Å². The number of pyridine rings is 1. The lowest BCUT2D eigenvalue weighted by molar-refractivity contribution is -0.0773. The van der Waals surface area contributed by atoms with Crippen LogP contribution in [0, 0.1) is 28.6 Å². The monoisotopic (exact) mass is 213 g/mol. The van der Waals surface area contributed by atoms with Gasteiger partial charge in [0.2, 0.25) is 0 Å². The van der Waals surface area contributed by atoms with Gasteiger partial charge in [0.1, 0.15) is 17.4 Å². The third-order valence-electron chi connectivity index (χ3n) is 2.92. The van der Waals surface area contributed by atoms with Gasteiger partial charge in [-0.05, 0) is 30.9 Å². The molecule has 4 heteroatoms. The average molecular weight is 213 g/mol. The highest BCUT2D eigenvalue weighted by molar-refractivity contribution is 5.38. The van der Waals surface area contributed by atoms with Crippen LogP contribution in [0.1, 0.15) is 36.7 Å². The normalized spacial score (nSPS) is 27.6. The van der Waals surface area contributed by atoms with Crippen LogP contribution in [0.4, 0.5) is 0 Å². The second-order valence-electron chi connectivity index (χ2n) is 4.39. The van der Waals surface area contributed by atoms with Crippen LogP contribution in [0.15, 0.2) is 12.1 Å². The summed E-state index contributed by atoms with van der Waals surface area (Å²) in [4.78, 5) is 4.07. The number of aliphatic hydroxyl groups is 1.